The molecule has 2 aromatic rings. The first-order chi connectivity index (χ1) is 12.7. The quantitative estimate of drug-likeness (QED) is 0.912. The van der Waals surface area contributed by atoms with E-state index in [4.69, 9.17) is 5.11 Å². The van der Waals surface area contributed by atoms with Crippen LogP contribution in [0.2, 0.25) is 0 Å². The van der Waals surface area contributed by atoms with E-state index in [1.54, 1.807) is 12.1 Å². The molecule has 1 saturated heterocycles. The molecule has 0 spiro atoms. The molecule has 2 atom stereocenters. The zero-order valence-corrected chi connectivity index (χ0v) is 15.4. The van der Waals surface area contributed by atoms with Crippen molar-refractivity contribution in [1.82, 2.24) is 9.80 Å². The molecule has 4 rings (SSSR count). The van der Waals surface area contributed by atoms with Crippen LogP contribution in [0.15, 0.2) is 42.5 Å². The number of fused-ring (bicyclic) bond motifs is 1. The first-order valence-corrected chi connectivity index (χ1v) is 9.59. The summed E-state index contributed by atoms with van der Waals surface area (Å²) >= 11 is 0. The van der Waals surface area contributed by atoms with E-state index in [-0.39, 0.29) is 12.4 Å². The minimum absolute atomic E-state index is 0.173. The Bertz CT molecular complexity index is 753. The standard InChI is InChI=1S/C22H27FN2O/c1-16-2-7-19-21(14-16)20(17-3-5-18(23)6-4-17)15-22(19)25-10-8-24(9-11-25)12-13-26/h2-7,14,20,22,26H,8-13,15H2,1H3/t20-,22+/m1/s1. The molecule has 0 saturated carbocycles. The largest absolute Gasteiger partial charge is 0.395 e. The molecule has 1 N–H and O–H groups in total. The number of aliphatic hydroxyl groups excluding tert-OH is 1. The summed E-state index contributed by atoms with van der Waals surface area (Å²) in [6.07, 6.45) is 1.06. The first-order valence-electron chi connectivity index (χ1n) is 9.59. The average molecular weight is 354 g/mol. The van der Waals surface area contributed by atoms with Gasteiger partial charge in [-0.3, -0.25) is 9.80 Å². The maximum atomic E-state index is 13.4. The number of rotatable bonds is 4. The van der Waals surface area contributed by atoms with Crippen molar-refractivity contribution in [2.24, 2.45) is 0 Å². The van der Waals surface area contributed by atoms with E-state index >= 15 is 0 Å². The third-order valence-electron chi connectivity index (χ3n) is 5.97. The summed E-state index contributed by atoms with van der Waals surface area (Å²) in [5.74, 6) is 0.165. The molecule has 1 fully saturated rings. The van der Waals surface area contributed by atoms with Gasteiger partial charge in [0.1, 0.15) is 5.82 Å². The van der Waals surface area contributed by atoms with Crippen LogP contribution in [0.5, 0.6) is 0 Å². The summed E-state index contributed by atoms with van der Waals surface area (Å²) < 4.78 is 13.4. The molecule has 0 aromatic heterocycles. The zero-order chi connectivity index (χ0) is 18.1. The maximum Gasteiger partial charge on any atom is 0.123 e. The highest BCUT2D eigenvalue weighted by Crippen LogP contribution is 2.47. The molecule has 1 aliphatic heterocycles. The molecule has 3 nitrogen and oxygen atoms in total. The Kier molecular flexibility index (Phi) is 5.07. The van der Waals surface area contributed by atoms with E-state index in [1.165, 1.54) is 22.3 Å². The smallest absolute Gasteiger partial charge is 0.123 e. The van der Waals surface area contributed by atoms with Crippen LogP contribution >= 0.6 is 0 Å². The normalized spacial score (nSPS) is 24.0. The van der Waals surface area contributed by atoms with Crippen LogP contribution in [0.1, 0.15) is 40.6 Å². The van der Waals surface area contributed by atoms with Crippen LogP contribution in [0, 0.1) is 12.7 Å². The number of hydrogen-bond donors (Lipinski definition) is 1. The fraction of sp³-hybridized carbons (Fsp3) is 0.455. The maximum absolute atomic E-state index is 13.4. The highest BCUT2D eigenvalue weighted by molar-refractivity contribution is 5.46. The summed E-state index contributed by atoms with van der Waals surface area (Å²) in [5, 5.41) is 9.15. The predicted octanol–water partition coefficient (Wildman–Crippen LogP) is 3.32. The summed E-state index contributed by atoms with van der Waals surface area (Å²) in [4.78, 5) is 4.92. The molecule has 1 heterocycles. The van der Waals surface area contributed by atoms with Gasteiger partial charge in [-0.2, -0.15) is 0 Å². The minimum Gasteiger partial charge on any atom is -0.395 e. The molecule has 0 radical (unpaired) electrons. The Morgan fingerprint density at radius 2 is 1.73 bits per heavy atom. The van der Waals surface area contributed by atoms with Crippen LogP contribution < -0.4 is 0 Å². The number of hydrogen-bond acceptors (Lipinski definition) is 3. The summed E-state index contributed by atoms with van der Waals surface area (Å²) in [6, 6.07) is 14.3. The lowest BCUT2D eigenvalue weighted by Gasteiger charge is -2.38. The number of piperazine rings is 1. The number of benzene rings is 2. The van der Waals surface area contributed by atoms with Crippen molar-refractivity contribution in [2.75, 3.05) is 39.3 Å². The van der Waals surface area contributed by atoms with E-state index in [9.17, 15) is 4.39 Å². The Hall–Kier alpha value is -1.75. The number of β-amino-alcohol motifs (C(OH)–C–C–N with tert-alkyl or cyclic N) is 1. The molecule has 2 aromatic carbocycles. The molecule has 0 unspecified atom stereocenters. The molecule has 2 aliphatic rings. The van der Waals surface area contributed by atoms with Gasteiger partial charge in [-0.1, -0.05) is 35.9 Å². The lowest BCUT2D eigenvalue weighted by Crippen LogP contribution is -2.48. The number of halogens is 1. The first kappa shape index (κ1) is 17.7. The van der Waals surface area contributed by atoms with Crippen molar-refractivity contribution < 1.29 is 9.50 Å². The van der Waals surface area contributed by atoms with Crippen molar-refractivity contribution in [3.05, 3.63) is 70.5 Å². The second kappa shape index (κ2) is 7.47. The molecule has 0 bridgehead atoms. The van der Waals surface area contributed by atoms with E-state index in [2.05, 4.69) is 34.9 Å². The third-order valence-corrected chi connectivity index (χ3v) is 5.97. The lowest BCUT2D eigenvalue weighted by molar-refractivity contribution is 0.0827. The molecule has 4 heteroatoms. The van der Waals surface area contributed by atoms with Gasteiger partial charge in [0, 0.05) is 44.7 Å². The van der Waals surface area contributed by atoms with Gasteiger partial charge >= 0.3 is 0 Å². The third kappa shape index (κ3) is 3.41. The fourth-order valence-corrected chi connectivity index (χ4v) is 4.57. The predicted molar refractivity (Wildman–Crippen MR) is 102 cm³/mol. The number of aliphatic hydroxyl groups is 1. The van der Waals surface area contributed by atoms with E-state index in [0.29, 0.717) is 12.0 Å². The zero-order valence-electron chi connectivity index (χ0n) is 15.4. The van der Waals surface area contributed by atoms with Gasteiger partial charge in [-0.05, 0) is 42.2 Å². The number of aryl methyl sites for hydroxylation is 1. The molecule has 0 amide bonds. The van der Waals surface area contributed by atoms with E-state index in [1.807, 2.05) is 12.1 Å². The van der Waals surface area contributed by atoms with Crippen LogP contribution in [0.25, 0.3) is 0 Å². The Morgan fingerprint density at radius 3 is 2.42 bits per heavy atom. The lowest BCUT2D eigenvalue weighted by atomic mass is 9.92. The van der Waals surface area contributed by atoms with Crippen LogP contribution in [-0.2, 0) is 0 Å². The summed E-state index contributed by atoms with van der Waals surface area (Å²) in [7, 11) is 0. The average Bonchev–Trinajstić information content (AvgIpc) is 3.02. The second-order valence-electron chi connectivity index (χ2n) is 7.59. The van der Waals surface area contributed by atoms with Crippen molar-refractivity contribution in [2.45, 2.75) is 25.3 Å². The van der Waals surface area contributed by atoms with Gasteiger partial charge < -0.3 is 5.11 Å². The molecular weight excluding hydrogens is 327 g/mol. The highest BCUT2D eigenvalue weighted by atomic mass is 19.1. The number of nitrogens with zero attached hydrogens (tertiary/aromatic N) is 2. The monoisotopic (exact) mass is 354 g/mol. The molecule has 1 aliphatic carbocycles. The van der Waals surface area contributed by atoms with Crippen molar-refractivity contribution >= 4 is 0 Å². The Morgan fingerprint density at radius 1 is 1.00 bits per heavy atom. The second-order valence-corrected chi connectivity index (χ2v) is 7.59. The fourth-order valence-electron chi connectivity index (χ4n) is 4.57. The SMILES string of the molecule is Cc1ccc2c(c1)[C@@H](c1ccc(F)cc1)C[C@@H]2N1CCN(CCO)CC1. The van der Waals surface area contributed by atoms with E-state index < -0.39 is 0 Å². The van der Waals surface area contributed by atoms with Gasteiger partial charge in [0.05, 0.1) is 6.61 Å². The van der Waals surface area contributed by atoms with Gasteiger partial charge in [0.15, 0.2) is 0 Å². The van der Waals surface area contributed by atoms with Gasteiger partial charge in [0.2, 0.25) is 0 Å². The van der Waals surface area contributed by atoms with Crippen molar-refractivity contribution in [1.29, 1.82) is 0 Å². The summed E-state index contributed by atoms with van der Waals surface area (Å²) in [5.41, 5.74) is 5.32. The Labute approximate surface area is 155 Å². The van der Waals surface area contributed by atoms with Crippen molar-refractivity contribution in [3.63, 3.8) is 0 Å². The molecule has 138 valence electrons. The van der Waals surface area contributed by atoms with Crippen molar-refractivity contribution in [3.8, 4) is 0 Å². The van der Waals surface area contributed by atoms with Gasteiger partial charge in [-0.25, -0.2) is 4.39 Å². The van der Waals surface area contributed by atoms with Crippen LogP contribution in [0.4, 0.5) is 4.39 Å². The van der Waals surface area contributed by atoms with Crippen LogP contribution in [0.3, 0.4) is 0 Å². The minimum atomic E-state index is -0.173. The summed E-state index contributed by atoms with van der Waals surface area (Å²) in [6.45, 7) is 7.24. The van der Waals surface area contributed by atoms with Gasteiger partial charge in [-0.15, -0.1) is 0 Å². The van der Waals surface area contributed by atoms with Crippen LogP contribution in [-0.4, -0.2) is 54.2 Å². The molecule has 26 heavy (non-hydrogen) atoms. The van der Waals surface area contributed by atoms with Gasteiger partial charge in [0.25, 0.3) is 0 Å². The highest BCUT2D eigenvalue weighted by Gasteiger charge is 2.36. The Balaban J connectivity index is 1.59. The molecular formula is C22H27FN2O. The topological polar surface area (TPSA) is 26.7 Å². The van der Waals surface area contributed by atoms with E-state index in [0.717, 1.165) is 39.1 Å².